The van der Waals surface area contributed by atoms with E-state index in [0.29, 0.717) is 5.69 Å². The first kappa shape index (κ1) is 13.7. The highest BCUT2D eigenvalue weighted by Crippen LogP contribution is 2.22. The summed E-state index contributed by atoms with van der Waals surface area (Å²) in [6, 6.07) is 15.3. The molecule has 0 aliphatic heterocycles. The minimum Gasteiger partial charge on any atom is -0.310 e. The number of fused-ring (bicyclic) bond motifs is 1. The van der Waals surface area contributed by atoms with E-state index < -0.39 is 0 Å². The molecule has 0 saturated heterocycles. The number of amides is 1. The summed E-state index contributed by atoms with van der Waals surface area (Å²) in [6.45, 7) is 0. The lowest BCUT2D eigenvalue weighted by Crippen LogP contribution is -2.26. The van der Waals surface area contributed by atoms with Crippen LogP contribution in [0.1, 0.15) is 10.5 Å². The second-order valence-electron chi connectivity index (χ2n) is 4.60. The summed E-state index contributed by atoms with van der Waals surface area (Å²) >= 11 is 1.53. The average molecular weight is 297 g/mol. The molecule has 0 atom stereocenters. The average Bonchev–Trinajstić information content (AvgIpc) is 2.93. The fourth-order valence-electron chi connectivity index (χ4n) is 2.24. The molecule has 0 saturated carbocycles. The maximum Gasteiger partial charge on any atom is 0.278 e. The number of hydrogen-bond donors (Lipinski definition) is 0. The quantitative estimate of drug-likeness (QED) is 0.696. The number of rotatable bonds is 3. The van der Waals surface area contributed by atoms with Crippen LogP contribution >= 0.6 is 11.8 Å². The Morgan fingerprint density at radius 1 is 1.14 bits per heavy atom. The minimum absolute atomic E-state index is 0.106. The van der Waals surface area contributed by atoms with E-state index in [9.17, 15) is 4.79 Å². The monoisotopic (exact) mass is 297 g/mol. The van der Waals surface area contributed by atoms with Crippen LogP contribution in [0.3, 0.4) is 0 Å². The maximum absolute atomic E-state index is 12.7. The molecule has 21 heavy (non-hydrogen) atoms. The van der Waals surface area contributed by atoms with Crippen molar-refractivity contribution >= 4 is 28.9 Å². The molecule has 3 aromatic rings. The van der Waals surface area contributed by atoms with Crippen LogP contribution in [0.15, 0.2) is 59.9 Å². The van der Waals surface area contributed by atoms with Crippen LogP contribution in [0, 0.1) is 0 Å². The Morgan fingerprint density at radius 2 is 1.86 bits per heavy atom. The van der Waals surface area contributed by atoms with Gasteiger partial charge in [-0.25, -0.2) is 4.98 Å². The van der Waals surface area contributed by atoms with Crippen LogP contribution in [0.5, 0.6) is 0 Å². The van der Waals surface area contributed by atoms with Gasteiger partial charge in [-0.1, -0.05) is 36.0 Å². The number of aromatic nitrogens is 2. The van der Waals surface area contributed by atoms with Gasteiger partial charge in [0.05, 0.1) is 5.52 Å². The van der Waals surface area contributed by atoms with Gasteiger partial charge in [-0.2, -0.15) is 0 Å². The normalized spacial score (nSPS) is 10.8. The molecule has 0 N–H and O–H groups in total. The van der Waals surface area contributed by atoms with E-state index in [2.05, 4.69) is 4.98 Å². The van der Waals surface area contributed by atoms with Gasteiger partial charge in [0.2, 0.25) is 0 Å². The number of anilines is 1. The SMILES string of the molecule is CSc1nc(C(=O)N(C)c2ccccc2)c2ccccn12. The molecule has 2 heterocycles. The van der Waals surface area contributed by atoms with Crippen molar-refractivity contribution in [3.63, 3.8) is 0 Å². The fourth-order valence-corrected chi connectivity index (χ4v) is 2.78. The number of nitrogens with zero attached hydrogens (tertiary/aromatic N) is 3. The molecule has 0 unspecified atom stereocenters. The Hall–Kier alpha value is -2.27. The van der Waals surface area contributed by atoms with E-state index in [0.717, 1.165) is 16.4 Å². The molecule has 0 fully saturated rings. The molecule has 106 valence electrons. The van der Waals surface area contributed by atoms with Gasteiger partial charge in [-0.3, -0.25) is 9.20 Å². The molecule has 0 bridgehead atoms. The van der Waals surface area contributed by atoms with Gasteiger partial charge in [0.15, 0.2) is 10.9 Å². The molecule has 3 rings (SSSR count). The van der Waals surface area contributed by atoms with Crippen molar-refractivity contribution in [3.05, 3.63) is 60.4 Å². The Morgan fingerprint density at radius 3 is 2.57 bits per heavy atom. The van der Waals surface area contributed by atoms with Crippen molar-refractivity contribution in [2.24, 2.45) is 0 Å². The van der Waals surface area contributed by atoms with Crippen molar-refractivity contribution in [1.29, 1.82) is 0 Å². The largest absolute Gasteiger partial charge is 0.310 e. The first-order valence-electron chi connectivity index (χ1n) is 6.56. The predicted molar refractivity (Wildman–Crippen MR) is 86.1 cm³/mol. The van der Waals surface area contributed by atoms with Crippen LogP contribution < -0.4 is 4.90 Å². The molecular weight excluding hydrogens is 282 g/mol. The van der Waals surface area contributed by atoms with Crippen LogP contribution in [-0.4, -0.2) is 28.6 Å². The summed E-state index contributed by atoms with van der Waals surface area (Å²) < 4.78 is 1.94. The number of carbonyl (C=O) groups excluding carboxylic acids is 1. The zero-order chi connectivity index (χ0) is 14.8. The standard InChI is InChI=1S/C16H15N3OS/c1-18(12-8-4-3-5-9-12)15(20)14-13-10-6-7-11-19(13)16(17-14)21-2/h3-11H,1-2H3. The van der Waals surface area contributed by atoms with Crippen molar-refractivity contribution in [3.8, 4) is 0 Å². The molecule has 1 amide bonds. The molecule has 4 nitrogen and oxygen atoms in total. The van der Waals surface area contributed by atoms with E-state index in [1.807, 2.05) is 65.4 Å². The number of hydrogen-bond acceptors (Lipinski definition) is 3. The predicted octanol–water partition coefficient (Wildman–Crippen LogP) is 3.33. The summed E-state index contributed by atoms with van der Waals surface area (Å²) in [4.78, 5) is 18.8. The van der Waals surface area contributed by atoms with Crippen molar-refractivity contribution in [2.45, 2.75) is 5.16 Å². The van der Waals surface area contributed by atoms with Crippen molar-refractivity contribution < 1.29 is 4.79 Å². The highest BCUT2D eigenvalue weighted by atomic mass is 32.2. The van der Waals surface area contributed by atoms with Gasteiger partial charge in [0.1, 0.15) is 0 Å². The minimum atomic E-state index is -0.106. The Balaban J connectivity index is 2.06. The van der Waals surface area contributed by atoms with Gasteiger partial charge in [0.25, 0.3) is 5.91 Å². The first-order valence-corrected chi connectivity index (χ1v) is 7.79. The molecule has 5 heteroatoms. The van der Waals surface area contributed by atoms with Crippen LogP contribution in [0.2, 0.25) is 0 Å². The molecule has 0 aliphatic rings. The van der Waals surface area contributed by atoms with E-state index >= 15 is 0 Å². The lowest BCUT2D eigenvalue weighted by Gasteiger charge is -2.16. The van der Waals surface area contributed by atoms with Gasteiger partial charge in [-0.15, -0.1) is 0 Å². The molecule has 0 aliphatic carbocycles. The third kappa shape index (κ3) is 2.40. The number of para-hydroxylation sites is 1. The van der Waals surface area contributed by atoms with E-state index in [1.54, 1.807) is 11.9 Å². The highest BCUT2D eigenvalue weighted by Gasteiger charge is 2.21. The summed E-state index contributed by atoms with van der Waals surface area (Å²) in [6.07, 6.45) is 3.88. The van der Waals surface area contributed by atoms with Crippen molar-refractivity contribution in [1.82, 2.24) is 9.38 Å². The van der Waals surface area contributed by atoms with Gasteiger partial charge in [0, 0.05) is 18.9 Å². The summed E-state index contributed by atoms with van der Waals surface area (Å²) in [5.41, 5.74) is 2.16. The third-order valence-electron chi connectivity index (χ3n) is 3.35. The van der Waals surface area contributed by atoms with Gasteiger partial charge >= 0.3 is 0 Å². The lowest BCUT2D eigenvalue weighted by atomic mass is 10.2. The number of pyridine rings is 1. The molecule has 0 radical (unpaired) electrons. The number of carbonyl (C=O) groups is 1. The second kappa shape index (κ2) is 5.61. The van der Waals surface area contributed by atoms with E-state index in [1.165, 1.54) is 11.8 Å². The summed E-state index contributed by atoms with van der Waals surface area (Å²) in [5.74, 6) is -0.106. The Labute approximate surface area is 127 Å². The van der Waals surface area contributed by atoms with Gasteiger partial charge in [-0.05, 0) is 30.5 Å². The molecule has 1 aromatic carbocycles. The third-order valence-corrected chi connectivity index (χ3v) is 4.00. The van der Waals surface area contributed by atoms with Crippen molar-refractivity contribution in [2.75, 3.05) is 18.2 Å². The number of thioether (sulfide) groups is 1. The Bertz CT molecular complexity index is 783. The molecule has 0 spiro atoms. The first-order chi connectivity index (χ1) is 10.2. The highest BCUT2D eigenvalue weighted by molar-refractivity contribution is 7.98. The lowest BCUT2D eigenvalue weighted by molar-refractivity contribution is 0.0990. The van der Waals surface area contributed by atoms with Crippen LogP contribution in [0.25, 0.3) is 5.52 Å². The van der Waals surface area contributed by atoms with Gasteiger partial charge < -0.3 is 4.90 Å². The topological polar surface area (TPSA) is 37.6 Å². The second-order valence-corrected chi connectivity index (χ2v) is 5.38. The summed E-state index contributed by atoms with van der Waals surface area (Å²) in [7, 11) is 1.77. The van der Waals surface area contributed by atoms with E-state index in [-0.39, 0.29) is 5.91 Å². The van der Waals surface area contributed by atoms with E-state index in [4.69, 9.17) is 0 Å². The zero-order valence-electron chi connectivity index (χ0n) is 11.9. The Kier molecular flexibility index (Phi) is 3.66. The van der Waals surface area contributed by atoms with Crippen LogP contribution in [-0.2, 0) is 0 Å². The summed E-state index contributed by atoms with van der Waals surface area (Å²) in [5, 5.41) is 0.815. The zero-order valence-corrected chi connectivity index (χ0v) is 12.7. The smallest absolute Gasteiger partial charge is 0.278 e. The number of benzene rings is 1. The fraction of sp³-hybridized carbons (Fsp3) is 0.125. The molecule has 2 aromatic heterocycles. The van der Waals surface area contributed by atoms with Crippen LogP contribution in [0.4, 0.5) is 5.69 Å². The molecular formula is C16H15N3OS. The maximum atomic E-state index is 12.7. The number of imidazole rings is 1.